The van der Waals surface area contributed by atoms with E-state index in [0.29, 0.717) is 17.7 Å². The van der Waals surface area contributed by atoms with Gasteiger partial charge in [0.25, 0.3) is 0 Å². The number of rotatable bonds is 5. The molecule has 0 bridgehead atoms. The Hall–Kier alpha value is -1.61. The summed E-state index contributed by atoms with van der Waals surface area (Å²) in [7, 11) is 0. The monoisotopic (exact) mass is 332 g/mol. The number of ketones is 1. The molecule has 3 heteroatoms. The fourth-order valence-corrected chi connectivity index (χ4v) is 2.20. The van der Waals surface area contributed by atoms with Crippen molar-refractivity contribution >= 4 is 21.7 Å². The highest BCUT2D eigenvalue weighted by molar-refractivity contribution is 9.10. The second-order valence-corrected chi connectivity index (χ2v) is 5.80. The van der Waals surface area contributed by atoms with Crippen molar-refractivity contribution in [3.63, 3.8) is 0 Å². The summed E-state index contributed by atoms with van der Waals surface area (Å²) in [5, 5.41) is 0. The van der Waals surface area contributed by atoms with Crippen molar-refractivity contribution in [2.45, 2.75) is 26.4 Å². The minimum atomic E-state index is 0.0524. The van der Waals surface area contributed by atoms with Crippen LogP contribution in [0.2, 0.25) is 0 Å². The Bertz CT molecular complexity index is 588. The number of ether oxygens (including phenoxy) is 1. The molecule has 0 aliphatic rings. The molecule has 104 valence electrons. The Morgan fingerprint density at radius 1 is 1.10 bits per heavy atom. The van der Waals surface area contributed by atoms with E-state index in [1.807, 2.05) is 62.4 Å². The summed E-state index contributed by atoms with van der Waals surface area (Å²) in [5.41, 5.74) is 1.64. The summed E-state index contributed by atoms with van der Waals surface area (Å²) in [4.78, 5) is 12.4. The van der Waals surface area contributed by atoms with E-state index in [4.69, 9.17) is 4.74 Å². The minimum Gasteiger partial charge on any atom is -0.490 e. The van der Waals surface area contributed by atoms with E-state index in [9.17, 15) is 4.79 Å². The van der Waals surface area contributed by atoms with Crippen molar-refractivity contribution in [3.05, 3.63) is 64.1 Å². The van der Waals surface area contributed by atoms with Crippen molar-refractivity contribution in [2.24, 2.45) is 0 Å². The van der Waals surface area contributed by atoms with Crippen molar-refractivity contribution in [2.75, 3.05) is 0 Å². The van der Waals surface area contributed by atoms with Crippen LogP contribution in [0.3, 0.4) is 0 Å². The van der Waals surface area contributed by atoms with Gasteiger partial charge in [0.2, 0.25) is 0 Å². The number of para-hydroxylation sites is 1. The lowest BCUT2D eigenvalue weighted by molar-refractivity contribution is 0.0987. The summed E-state index contributed by atoms with van der Waals surface area (Å²) in [6.07, 6.45) is 0.433. The molecule has 0 N–H and O–H groups in total. The van der Waals surface area contributed by atoms with Crippen LogP contribution in [-0.2, 0) is 6.42 Å². The number of hydrogen-bond acceptors (Lipinski definition) is 2. The van der Waals surface area contributed by atoms with Crippen LogP contribution in [0.1, 0.15) is 29.8 Å². The average molecular weight is 333 g/mol. The maximum Gasteiger partial charge on any atom is 0.170 e. The number of benzene rings is 2. The van der Waals surface area contributed by atoms with Crippen molar-refractivity contribution in [3.8, 4) is 5.75 Å². The molecule has 0 fully saturated rings. The third-order valence-corrected chi connectivity index (χ3v) is 3.36. The van der Waals surface area contributed by atoms with E-state index in [0.717, 1.165) is 10.0 Å². The van der Waals surface area contributed by atoms with Gasteiger partial charge in [-0.1, -0.05) is 40.2 Å². The maximum absolute atomic E-state index is 12.4. The van der Waals surface area contributed by atoms with Crippen LogP contribution in [0, 0.1) is 0 Å². The molecule has 0 saturated heterocycles. The minimum absolute atomic E-state index is 0.0524. The van der Waals surface area contributed by atoms with Gasteiger partial charge in [-0.15, -0.1) is 0 Å². The molecule has 2 nitrogen and oxygen atoms in total. The van der Waals surface area contributed by atoms with Gasteiger partial charge in [-0.2, -0.15) is 0 Å². The quantitative estimate of drug-likeness (QED) is 0.744. The molecule has 0 saturated carbocycles. The number of carbonyl (C=O) groups excluding carboxylic acids is 1. The van der Waals surface area contributed by atoms with Gasteiger partial charge >= 0.3 is 0 Å². The molecule has 2 aromatic carbocycles. The zero-order chi connectivity index (χ0) is 14.5. The van der Waals surface area contributed by atoms with E-state index < -0.39 is 0 Å². The fraction of sp³-hybridized carbons (Fsp3) is 0.235. The highest BCUT2D eigenvalue weighted by atomic mass is 79.9. The standard InChI is InChI=1S/C17H17BrO2/c1-12(2)20-17-6-4-3-5-15(17)16(19)11-13-7-9-14(18)10-8-13/h3-10,12H,11H2,1-2H3. The molecule has 0 amide bonds. The Kier molecular flexibility index (Phi) is 4.96. The number of carbonyl (C=O) groups is 1. The zero-order valence-electron chi connectivity index (χ0n) is 11.6. The molecular formula is C17H17BrO2. The predicted molar refractivity (Wildman–Crippen MR) is 84.4 cm³/mol. The van der Waals surface area contributed by atoms with E-state index in [1.165, 1.54) is 0 Å². The lowest BCUT2D eigenvalue weighted by atomic mass is 10.0. The van der Waals surface area contributed by atoms with Crippen LogP contribution in [0.5, 0.6) is 5.75 Å². The Morgan fingerprint density at radius 2 is 1.75 bits per heavy atom. The first-order valence-corrected chi connectivity index (χ1v) is 7.39. The molecule has 2 aromatic rings. The van der Waals surface area contributed by atoms with E-state index in [2.05, 4.69) is 15.9 Å². The zero-order valence-corrected chi connectivity index (χ0v) is 13.2. The number of halogens is 1. The second kappa shape index (κ2) is 6.71. The summed E-state index contributed by atoms with van der Waals surface area (Å²) in [6, 6.07) is 15.2. The summed E-state index contributed by atoms with van der Waals surface area (Å²) >= 11 is 3.39. The van der Waals surface area contributed by atoms with E-state index in [1.54, 1.807) is 0 Å². The number of Topliss-reactive ketones (excluding diaryl/α,β-unsaturated/α-hetero) is 1. The first-order valence-electron chi connectivity index (χ1n) is 6.59. The van der Waals surface area contributed by atoms with E-state index in [-0.39, 0.29) is 11.9 Å². The van der Waals surface area contributed by atoms with Gasteiger partial charge < -0.3 is 4.74 Å². The molecule has 0 aliphatic carbocycles. The highest BCUT2D eigenvalue weighted by Crippen LogP contribution is 2.21. The van der Waals surface area contributed by atoms with Crippen LogP contribution >= 0.6 is 15.9 Å². The third kappa shape index (κ3) is 3.94. The van der Waals surface area contributed by atoms with Crippen molar-refractivity contribution in [1.29, 1.82) is 0 Å². The molecule has 0 radical (unpaired) electrons. The molecule has 0 spiro atoms. The Balaban J connectivity index is 2.18. The second-order valence-electron chi connectivity index (χ2n) is 4.89. The molecule has 0 aromatic heterocycles. The molecule has 0 aliphatic heterocycles. The SMILES string of the molecule is CC(C)Oc1ccccc1C(=O)Cc1ccc(Br)cc1. The van der Waals surface area contributed by atoms with Crippen molar-refractivity contribution < 1.29 is 9.53 Å². The third-order valence-electron chi connectivity index (χ3n) is 2.83. The van der Waals surface area contributed by atoms with Crippen molar-refractivity contribution in [1.82, 2.24) is 0 Å². The van der Waals surface area contributed by atoms with Crippen LogP contribution in [0.15, 0.2) is 53.0 Å². The molecule has 0 unspecified atom stereocenters. The first kappa shape index (κ1) is 14.8. The normalized spacial score (nSPS) is 10.6. The first-order chi connectivity index (χ1) is 9.56. The number of hydrogen-bond donors (Lipinski definition) is 0. The summed E-state index contributed by atoms with van der Waals surface area (Å²) < 4.78 is 6.71. The van der Waals surface area contributed by atoms with Gasteiger partial charge in [-0.05, 0) is 43.7 Å². The Morgan fingerprint density at radius 3 is 2.40 bits per heavy atom. The van der Waals surface area contributed by atoms with Crippen LogP contribution < -0.4 is 4.74 Å². The van der Waals surface area contributed by atoms with Gasteiger partial charge in [0.1, 0.15) is 5.75 Å². The van der Waals surface area contributed by atoms with Gasteiger partial charge in [-0.3, -0.25) is 4.79 Å². The van der Waals surface area contributed by atoms with Crippen LogP contribution in [0.25, 0.3) is 0 Å². The smallest absolute Gasteiger partial charge is 0.170 e. The molecule has 20 heavy (non-hydrogen) atoms. The van der Waals surface area contributed by atoms with E-state index >= 15 is 0 Å². The molecule has 0 atom stereocenters. The van der Waals surface area contributed by atoms with Gasteiger partial charge in [-0.25, -0.2) is 0 Å². The van der Waals surface area contributed by atoms with Gasteiger partial charge in [0, 0.05) is 10.9 Å². The summed E-state index contributed by atoms with van der Waals surface area (Å²) in [6.45, 7) is 3.91. The lowest BCUT2D eigenvalue weighted by Crippen LogP contribution is -2.11. The molecule has 2 rings (SSSR count). The Labute approximate surface area is 127 Å². The maximum atomic E-state index is 12.4. The lowest BCUT2D eigenvalue weighted by Gasteiger charge is -2.13. The fourth-order valence-electron chi connectivity index (χ4n) is 1.94. The average Bonchev–Trinajstić information content (AvgIpc) is 2.41. The van der Waals surface area contributed by atoms with Crippen LogP contribution in [0.4, 0.5) is 0 Å². The molecule has 0 heterocycles. The molecular weight excluding hydrogens is 316 g/mol. The predicted octanol–water partition coefficient (Wildman–Crippen LogP) is 4.66. The van der Waals surface area contributed by atoms with Gasteiger partial charge in [0.05, 0.1) is 11.7 Å². The highest BCUT2D eigenvalue weighted by Gasteiger charge is 2.13. The van der Waals surface area contributed by atoms with Gasteiger partial charge in [0.15, 0.2) is 5.78 Å². The topological polar surface area (TPSA) is 26.3 Å². The van der Waals surface area contributed by atoms with Crippen LogP contribution in [-0.4, -0.2) is 11.9 Å². The largest absolute Gasteiger partial charge is 0.490 e. The summed E-state index contributed by atoms with van der Waals surface area (Å²) in [5.74, 6) is 0.730.